The molecule has 3 heterocycles. The Morgan fingerprint density at radius 1 is 0.976 bits per heavy atom. The van der Waals surface area contributed by atoms with Crippen LogP contribution >= 0.6 is 0 Å². The Balaban J connectivity index is 1.52. The summed E-state index contributed by atoms with van der Waals surface area (Å²) in [6, 6.07) is 8.00. The molecule has 3 saturated heterocycles. The lowest BCUT2D eigenvalue weighted by Crippen LogP contribution is -2.64. The first-order chi connectivity index (χ1) is 19.9. The molecule has 0 amide bonds. The van der Waals surface area contributed by atoms with Crippen molar-refractivity contribution < 1.29 is 42.8 Å². The van der Waals surface area contributed by atoms with Gasteiger partial charge < -0.3 is 28.4 Å². The number of esters is 2. The van der Waals surface area contributed by atoms with Gasteiger partial charge in [-0.2, -0.15) is 5.06 Å². The van der Waals surface area contributed by atoms with E-state index in [0.29, 0.717) is 19.4 Å². The topological polar surface area (TPSA) is 105 Å². The Morgan fingerprint density at radius 2 is 1.57 bits per heavy atom. The second kappa shape index (κ2) is 13.2. The molecule has 3 fully saturated rings. The summed E-state index contributed by atoms with van der Waals surface area (Å²) in [4.78, 5) is 32.8. The number of nitrogens with zero attached hydrogens (tertiary/aromatic N) is 1. The number of rotatable bonds is 11. The van der Waals surface area contributed by atoms with E-state index in [-0.39, 0.29) is 44.2 Å². The Bertz CT molecular complexity index is 1040. The molecule has 3 aliphatic rings. The molecule has 236 valence electrons. The van der Waals surface area contributed by atoms with Gasteiger partial charge in [-0.3, -0.25) is 14.4 Å². The van der Waals surface area contributed by atoms with Crippen LogP contribution in [0, 0.1) is 5.41 Å². The van der Waals surface area contributed by atoms with Gasteiger partial charge >= 0.3 is 11.9 Å². The summed E-state index contributed by atoms with van der Waals surface area (Å²) in [5, 5.41) is 2.13. The summed E-state index contributed by atoms with van der Waals surface area (Å²) in [6.07, 6.45) is 3.51. The first kappa shape index (κ1) is 32.7. The predicted octanol–water partition coefficient (Wildman–Crippen LogP) is 5.14. The largest absolute Gasteiger partial charge is 0.491 e. The van der Waals surface area contributed by atoms with E-state index in [4.69, 9.17) is 33.3 Å². The molecule has 42 heavy (non-hydrogen) atoms. The highest BCUT2D eigenvalue weighted by atomic mass is 16.7. The first-order valence-electron chi connectivity index (χ1n) is 15.4. The van der Waals surface area contributed by atoms with Crippen LogP contribution < -0.4 is 4.74 Å². The average Bonchev–Trinajstić information content (AvgIpc) is 3.80. The van der Waals surface area contributed by atoms with Crippen LogP contribution in [0.1, 0.15) is 92.2 Å². The summed E-state index contributed by atoms with van der Waals surface area (Å²) in [5.41, 5.74) is -1.37. The van der Waals surface area contributed by atoms with Crippen molar-refractivity contribution in [3.8, 4) is 5.75 Å². The van der Waals surface area contributed by atoms with Gasteiger partial charge in [0.1, 0.15) is 24.6 Å². The lowest BCUT2D eigenvalue weighted by Gasteiger charge is -2.55. The number of ether oxygens (including phenoxy) is 6. The Hall–Kier alpha value is -2.24. The predicted molar refractivity (Wildman–Crippen MR) is 155 cm³/mol. The molecule has 0 radical (unpaired) electrons. The molecule has 0 bridgehead atoms. The summed E-state index contributed by atoms with van der Waals surface area (Å²) in [6.45, 7) is 15.5. The van der Waals surface area contributed by atoms with Crippen molar-refractivity contribution in [1.29, 1.82) is 0 Å². The number of hydrogen-bond acceptors (Lipinski definition) is 10. The van der Waals surface area contributed by atoms with Crippen molar-refractivity contribution in [2.24, 2.45) is 5.41 Å². The van der Waals surface area contributed by atoms with Gasteiger partial charge in [-0.25, -0.2) is 0 Å². The van der Waals surface area contributed by atoms with Crippen molar-refractivity contribution in [2.45, 2.75) is 110 Å². The summed E-state index contributed by atoms with van der Waals surface area (Å²) in [7, 11) is 0. The van der Waals surface area contributed by atoms with Crippen molar-refractivity contribution in [1.82, 2.24) is 5.06 Å². The third kappa shape index (κ3) is 7.10. The Labute approximate surface area is 250 Å². The second-order valence-electron chi connectivity index (χ2n) is 12.6. The molecule has 1 aromatic rings. The maximum absolute atomic E-state index is 13.0. The standard InChI is InChI=1S/C32H49NO9/c1-8-30(7)20-32(40-21-31(22-41-32,27(34)36-9-2)28(35)37-10-3)17-11-16-29(5,6)33(30)42-23(4)24-12-14-25(15-13-24)38-18-26-19-39-26/h12-15,23,26H,8-11,16-22H2,1-7H3. The molecule has 3 aliphatic heterocycles. The molecule has 0 saturated carbocycles. The Morgan fingerprint density at radius 3 is 2.10 bits per heavy atom. The van der Waals surface area contributed by atoms with Crippen LogP contribution in [0.2, 0.25) is 0 Å². The van der Waals surface area contributed by atoms with Crippen LogP contribution in [0.25, 0.3) is 0 Å². The lowest BCUT2D eigenvalue weighted by atomic mass is 9.78. The zero-order valence-corrected chi connectivity index (χ0v) is 26.4. The van der Waals surface area contributed by atoms with E-state index in [9.17, 15) is 9.59 Å². The van der Waals surface area contributed by atoms with Gasteiger partial charge in [0.05, 0.1) is 33.0 Å². The molecule has 0 aliphatic carbocycles. The van der Waals surface area contributed by atoms with Crippen molar-refractivity contribution >= 4 is 11.9 Å². The molecule has 10 heteroatoms. The van der Waals surface area contributed by atoms with Gasteiger partial charge in [0.15, 0.2) is 5.79 Å². The maximum Gasteiger partial charge on any atom is 0.328 e. The zero-order chi connectivity index (χ0) is 30.6. The molecule has 3 unspecified atom stereocenters. The third-order valence-electron chi connectivity index (χ3n) is 8.75. The van der Waals surface area contributed by atoms with E-state index in [1.165, 1.54) is 0 Å². The third-order valence-corrected chi connectivity index (χ3v) is 8.75. The normalized spacial score (nSPS) is 27.4. The number of benzene rings is 1. The van der Waals surface area contributed by atoms with Crippen LogP contribution in [-0.4, -0.2) is 79.6 Å². The number of hydroxylamine groups is 2. The van der Waals surface area contributed by atoms with Crippen LogP contribution in [0.4, 0.5) is 0 Å². The van der Waals surface area contributed by atoms with Gasteiger partial charge in [-0.05, 0) is 78.5 Å². The first-order valence-corrected chi connectivity index (χ1v) is 15.4. The zero-order valence-electron chi connectivity index (χ0n) is 26.4. The van der Waals surface area contributed by atoms with Gasteiger partial charge in [0, 0.05) is 23.9 Å². The molecule has 3 atom stereocenters. The van der Waals surface area contributed by atoms with E-state index >= 15 is 0 Å². The van der Waals surface area contributed by atoms with E-state index < -0.39 is 28.7 Å². The molecule has 1 aromatic carbocycles. The highest BCUT2D eigenvalue weighted by molar-refractivity contribution is 6.00. The quantitative estimate of drug-likeness (QED) is 0.195. The van der Waals surface area contributed by atoms with Gasteiger partial charge in [0.2, 0.25) is 5.41 Å². The van der Waals surface area contributed by atoms with Gasteiger partial charge in [-0.1, -0.05) is 19.1 Å². The molecule has 4 rings (SSSR count). The minimum absolute atomic E-state index is 0.143. The molecule has 10 nitrogen and oxygen atoms in total. The minimum atomic E-state index is -1.65. The van der Waals surface area contributed by atoms with E-state index in [2.05, 4.69) is 39.7 Å². The molecule has 0 aromatic heterocycles. The SMILES string of the molecule is CCOC(=O)C1(C(=O)OCC)COC2(CCCC(C)(C)N(OC(C)c3ccc(OCC4CO4)cc3)C(C)(CC)C2)OC1. The van der Waals surface area contributed by atoms with Crippen molar-refractivity contribution in [2.75, 3.05) is 39.6 Å². The lowest BCUT2D eigenvalue weighted by molar-refractivity contribution is -0.353. The highest BCUT2D eigenvalue weighted by Gasteiger charge is 2.59. The number of epoxide rings is 1. The summed E-state index contributed by atoms with van der Waals surface area (Å²) >= 11 is 0. The minimum Gasteiger partial charge on any atom is -0.491 e. The van der Waals surface area contributed by atoms with Gasteiger partial charge in [-0.15, -0.1) is 0 Å². The monoisotopic (exact) mass is 591 g/mol. The summed E-state index contributed by atoms with van der Waals surface area (Å²) < 4.78 is 34.4. The molecular weight excluding hydrogens is 542 g/mol. The fraction of sp³-hybridized carbons (Fsp3) is 0.750. The second-order valence-corrected chi connectivity index (χ2v) is 12.6. The van der Waals surface area contributed by atoms with Crippen molar-refractivity contribution in [3.05, 3.63) is 29.8 Å². The number of hydrogen-bond donors (Lipinski definition) is 0. The summed E-state index contributed by atoms with van der Waals surface area (Å²) in [5.74, 6) is -1.54. The smallest absolute Gasteiger partial charge is 0.328 e. The highest BCUT2D eigenvalue weighted by Crippen LogP contribution is 2.47. The average molecular weight is 592 g/mol. The van der Waals surface area contributed by atoms with Crippen LogP contribution in [0.15, 0.2) is 24.3 Å². The van der Waals surface area contributed by atoms with Crippen LogP contribution in [-0.2, 0) is 38.1 Å². The fourth-order valence-electron chi connectivity index (χ4n) is 6.01. The van der Waals surface area contributed by atoms with Crippen molar-refractivity contribution in [3.63, 3.8) is 0 Å². The van der Waals surface area contributed by atoms with Crippen LogP contribution in [0.3, 0.4) is 0 Å². The fourth-order valence-corrected chi connectivity index (χ4v) is 6.01. The molecule has 1 spiro atoms. The van der Waals surface area contributed by atoms with Gasteiger partial charge in [0.25, 0.3) is 0 Å². The van der Waals surface area contributed by atoms with Crippen LogP contribution in [0.5, 0.6) is 5.75 Å². The number of carbonyl (C=O) groups is 2. The maximum atomic E-state index is 13.0. The number of carbonyl (C=O) groups excluding carboxylic acids is 2. The Kier molecular flexibility index (Phi) is 10.2. The molecule has 0 N–H and O–H groups in total. The van der Waals surface area contributed by atoms with E-state index in [1.54, 1.807) is 13.8 Å². The van der Waals surface area contributed by atoms with E-state index in [1.807, 2.05) is 24.3 Å². The van der Waals surface area contributed by atoms with E-state index in [0.717, 1.165) is 37.2 Å². The molecular formula is C32H49NO9.